The van der Waals surface area contributed by atoms with Gasteiger partial charge in [-0.1, -0.05) is 23.7 Å². The molecule has 2 aromatic carbocycles. The number of nitrogens with zero attached hydrogens (tertiary/aromatic N) is 2. The minimum absolute atomic E-state index is 0.0731. The number of piperazine rings is 1. The molecule has 2 heterocycles. The Labute approximate surface area is 158 Å². The van der Waals surface area contributed by atoms with Crippen molar-refractivity contribution < 1.29 is 4.79 Å². The van der Waals surface area contributed by atoms with Crippen molar-refractivity contribution in [3.8, 4) is 0 Å². The highest BCUT2D eigenvalue weighted by molar-refractivity contribution is 6.30. The molecule has 1 saturated heterocycles. The van der Waals surface area contributed by atoms with E-state index in [1.165, 1.54) is 11.1 Å². The molecule has 1 aliphatic heterocycles. The molecular weight excluding hydrogens is 346 g/mol. The first-order valence-corrected chi connectivity index (χ1v) is 9.29. The van der Waals surface area contributed by atoms with Gasteiger partial charge in [-0.15, -0.1) is 0 Å². The van der Waals surface area contributed by atoms with Gasteiger partial charge >= 0.3 is 0 Å². The number of halogens is 1. The molecule has 1 amide bonds. The highest BCUT2D eigenvalue weighted by atomic mass is 35.5. The Hall–Kier alpha value is -2.46. The maximum Gasteiger partial charge on any atom is 0.270 e. The molecule has 134 valence electrons. The molecule has 26 heavy (non-hydrogen) atoms. The third-order valence-corrected chi connectivity index (χ3v) is 5.29. The zero-order valence-corrected chi connectivity index (χ0v) is 15.8. The second kappa shape index (κ2) is 6.69. The van der Waals surface area contributed by atoms with E-state index in [0.29, 0.717) is 18.8 Å². The van der Waals surface area contributed by atoms with Crippen LogP contribution in [0.3, 0.4) is 0 Å². The first-order valence-electron chi connectivity index (χ1n) is 8.91. The second-order valence-electron chi connectivity index (χ2n) is 6.99. The van der Waals surface area contributed by atoms with Gasteiger partial charge in [0.1, 0.15) is 5.69 Å². The number of amides is 1. The summed E-state index contributed by atoms with van der Waals surface area (Å²) in [5.74, 6) is 0.0731. The van der Waals surface area contributed by atoms with Crippen LogP contribution < -0.4 is 4.90 Å². The van der Waals surface area contributed by atoms with E-state index in [4.69, 9.17) is 11.6 Å². The fraction of sp³-hybridized carbons (Fsp3) is 0.286. The van der Waals surface area contributed by atoms with E-state index >= 15 is 0 Å². The predicted molar refractivity (Wildman–Crippen MR) is 107 cm³/mol. The predicted octanol–water partition coefficient (Wildman–Crippen LogP) is 4.40. The first kappa shape index (κ1) is 17.0. The van der Waals surface area contributed by atoms with Crippen molar-refractivity contribution in [3.05, 3.63) is 64.3 Å². The van der Waals surface area contributed by atoms with Crippen molar-refractivity contribution in [2.45, 2.75) is 13.8 Å². The molecule has 0 atom stereocenters. The highest BCUT2D eigenvalue weighted by Crippen LogP contribution is 2.24. The Morgan fingerprint density at radius 3 is 2.54 bits per heavy atom. The van der Waals surface area contributed by atoms with Gasteiger partial charge in [0.25, 0.3) is 5.91 Å². The number of hydrogen-bond acceptors (Lipinski definition) is 2. The summed E-state index contributed by atoms with van der Waals surface area (Å²) < 4.78 is 0. The van der Waals surface area contributed by atoms with Gasteiger partial charge in [-0.3, -0.25) is 4.79 Å². The van der Waals surface area contributed by atoms with Crippen LogP contribution in [0.2, 0.25) is 5.02 Å². The van der Waals surface area contributed by atoms with Crippen LogP contribution in [-0.2, 0) is 0 Å². The monoisotopic (exact) mass is 367 g/mol. The smallest absolute Gasteiger partial charge is 0.270 e. The molecule has 1 N–H and O–H groups in total. The van der Waals surface area contributed by atoms with Crippen molar-refractivity contribution in [3.63, 3.8) is 0 Å². The summed E-state index contributed by atoms with van der Waals surface area (Å²) in [5.41, 5.74) is 5.21. The summed E-state index contributed by atoms with van der Waals surface area (Å²) in [6.07, 6.45) is 0. The van der Waals surface area contributed by atoms with Crippen LogP contribution in [0, 0.1) is 13.8 Å². The molecule has 4 rings (SSSR count). The Balaban J connectivity index is 1.49. The number of rotatable bonds is 2. The Kier molecular flexibility index (Phi) is 4.37. The number of carbonyl (C=O) groups is 1. The van der Waals surface area contributed by atoms with Gasteiger partial charge < -0.3 is 14.8 Å². The van der Waals surface area contributed by atoms with E-state index in [2.05, 4.69) is 41.9 Å². The lowest BCUT2D eigenvalue weighted by Crippen LogP contribution is -2.48. The Morgan fingerprint density at radius 1 is 1.04 bits per heavy atom. The van der Waals surface area contributed by atoms with Gasteiger partial charge in [0.2, 0.25) is 0 Å². The van der Waals surface area contributed by atoms with Crippen molar-refractivity contribution >= 4 is 34.1 Å². The van der Waals surface area contributed by atoms with Crippen LogP contribution in [0.4, 0.5) is 5.69 Å². The standard InChI is InChI=1S/C21H22ClN3O/c1-14-10-15(2)18-13-20(23-19(18)11-14)21(26)25-8-6-24(7-9-25)17-5-3-4-16(22)12-17/h3-5,10-13,23H,6-9H2,1-2H3. The summed E-state index contributed by atoms with van der Waals surface area (Å²) in [7, 11) is 0. The zero-order chi connectivity index (χ0) is 18.3. The number of aromatic amines is 1. The number of aryl methyl sites for hydroxylation is 2. The van der Waals surface area contributed by atoms with Crippen LogP contribution in [0.15, 0.2) is 42.5 Å². The van der Waals surface area contributed by atoms with Gasteiger partial charge in [0.15, 0.2) is 0 Å². The second-order valence-corrected chi connectivity index (χ2v) is 7.42. The van der Waals surface area contributed by atoms with E-state index in [-0.39, 0.29) is 5.91 Å². The molecule has 4 nitrogen and oxygen atoms in total. The minimum Gasteiger partial charge on any atom is -0.368 e. The van der Waals surface area contributed by atoms with Crippen LogP contribution in [0.1, 0.15) is 21.6 Å². The third-order valence-electron chi connectivity index (χ3n) is 5.06. The number of hydrogen-bond donors (Lipinski definition) is 1. The highest BCUT2D eigenvalue weighted by Gasteiger charge is 2.23. The molecule has 3 aromatic rings. The average molecular weight is 368 g/mol. The first-order chi connectivity index (χ1) is 12.5. The number of anilines is 1. The lowest BCUT2D eigenvalue weighted by Gasteiger charge is -2.36. The quantitative estimate of drug-likeness (QED) is 0.729. The molecule has 0 saturated carbocycles. The number of nitrogens with one attached hydrogen (secondary N) is 1. The average Bonchev–Trinajstić information content (AvgIpc) is 3.05. The van der Waals surface area contributed by atoms with Crippen LogP contribution >= 0.6 is 11.6 Å². The molecule has 0 aliphatic carbocycles. The van der Waals surface area contributed by atoms with Gasteiger partial charge in [0.05, 0.1) is 0 Å². The molecule has 0 unspecified atom stereocenters. The van der Waals surface area contributed by atoms with Gasteiger partial charge in [-0.25, -0.2) is 0 Å². The lowest BCUT2D eigenvalue weighted by atomic mass is 10.1. The Morgan fingerprint density at radius 2 is 1.81 bits per heavy atom. The van der Waals surface area contributed by atoms with Crippen molar-refractivity contribution in [2.75, 3.05) is 31.1 Å². The molecule has 1 aliphatic rings. The maximum atomic E-state index is 12.9. The number of H-pyrrole nitrogens is 1. The molecule has 1 aromatic heterocycles. The normalized spacial score (nSPS) is 14.9. The zero-order valence-electron chi connectivity index (χ0n) is 15.1. The summed E-state index contributed by atoms with van der Waals surface area (Å²) in [4.78, 5) is 20.4. The largest absolute Gasteiger partial charge is 0.368 e. The number of carbonyl (C=O) groups excluding carboxylic acids is 1. The SMILES string of the molecule is Cc1cc(C)c2cc(C(=O)N3CCN(c4cccc(Cl)c4)CC3)[nH]c2c1. The molecule has 5 heteroatoms. The number of benzene rings is 2. The fourth-order valence-electron chi connectivity index (χ4n) is 3.73. The minimum atomic E-state index is 0.0731. The topological polar surface area (TPSA) is 39.3 Å². The van der Waals surface area contributed by atoms with E-state index in [0.717, 1.165) is 34.7 Å². The number of fused-ring (bicyclic) bond motifs is 1. The molecular formula is C21H22ClN3O. The fourth-order valence-corrected chi connectivity index (χ4v) is 3.91. The van der Waals surface area contributed by atoms with E-state index < -0.39 is 0 Å². The van der Waals surface area contributed by atoms with Gasteiger partial charge in [-0.2, -0.15) is 0 Å². The van der Waals surface area contributed by atoms with E-state index in [9.17, 15) is 4.79 Å². The molecule has 0 radical (unpaired) electrons. The molecule has 0 bridgehead atoms. The van der Waals surface area contributed by atoms with Crippen molar-refractivity contribution in [1.29, 1.82) is 0 Å². The molecule has 0 spiro atoms. The van der Waals surface area contributed by atoms with E-state index in [1.54, 1.807) is 0 Å². The maximum absolute atomic E-state index is 12.9. The summed E-state index contributed by atoms with van der Waals surface area (Å²) in [5, 5.41) is 1.86. The van der Waals surface area contributed by atoms with Crippen molar-refractivity contribution in [1.82, 2.24) is 9.88 Å². The Bertz CT molecular complexity index is 971. The van der Waals surface area contributed by atoms with E-state index in [1.807, 2.05) is 29.2 Å². The van der Waals surface area contributed by atoms with Crippen LogP contribution in [0.25, 0.3) is 10.9 Å². The van der Waals surface area contributed by atoms with Crippen LogP contribution in [0.5, 0.6) is 0 Å². The van der Waals surface area contributed by atoms with Crippen molar-refractivity contribution in [2.24, 2.45) is 0 Å². The number of aromatic nitrogens is 1. The summed E-state index contributed by atoms with van der Waals surface area (Å²) >= 11 is 6.09. The lowest BCUT2D eigenvalue weighted by molar-refractivity contribution is 0.0742. The third kappa shape index (κ3) is 3.17. The van der Waals surface area contributed by atoms with Gasteiger partial charge in [-0.05, 0) is 55.3 Å². The summed E-state index contributed by atoms with van der Waals surface area (Å²) in [6.45, 7) is 7.19. The summed E-state index contributed by atoms with van der Waals surface area (Å²) in [6, 6.07) is 14.1. The molecule has 1 fully saturated rings. The van der Waals surface area contributed by atoms with Gasteiger partial charge in [0, 0.05) is 47.8 Å². The van der Waals surface area contributed by atoms with Crippen LogP contribution in [-0.4, -0.2) is 42.0 Å².